The first-order valence-electron chi connectivity index (χ1n) is 10.9. The number of aryl methyl sites for hydroxylation is 2. The standard InChI is InChI=1S/C27H28N2O3/c1-19-7-10-25(11-8-19)29(21(3)30)17-22-9-12-26-24(16-22)18-28(13-14-32-26)27(31)23-6-4-5-20(2)15-23/h4-12,15-16H,13-14,17-18H2,1-3H3. The van der Waals surface area contributed by atoms with E-state index in [4.69, 9.17) is 4.74 Å². The first-order valence-corrected chi connectivity index (χ1v) is 10.9. The SMILES string of the molecule is CC(=O)N(Cc1ccc2c(c1)CN(C(=O)c1cccc(C)c1)CCO2)c1ccc(C)cc1. The van der Waals surface area contributed by atoms with Gasteiger partial charge in [-0.3, -0.25) is 9.59 Å². The molecular formula is C27H28N2O3. The average Bonchev–Trinajstić information content (AvgIpc) is 2.99. The lowest BCUT2D eigenvalue weighted by Gasteiger charge is -2.23. The van der Waals surface area contributed by atoms with E-state index in [1.54, 1.807) is 11.8 Å². The molecule has 3 aromatic carbocycles. The van der Waals surface area contributed by atoms with E-state index in [9.17, 15) is 9.59 Å². The number of carbonyl (C=O) groups excluding carboxylic acids is 2. The first kappa shape index (κ1) is 21.6. The molecule has 0 spiro atoms. The van der Waals surface area contributed by atoms with E-state index in [1.165, 1.54) is 0 Å². The van der Waals surface area contributed by atoms with Gasteiger partial charge < -0.3 is 14.5 Å². The summed E-state index contributed by atoms with van der Waals surface area (Å²) in [6.07, 6.45) is 0. The number of fused-ring (bicyclic) bond motifs is 1. The van der Waals surface area contributed by atoms with Crippen molar-refractivity contribution in [2.75, 3.05) is 18.1 Å². The molecule has 0 radical (unpaired) electrons. The maximum absolute atomic E-state index is 13.1. The van der Waals surface area contributed by atoms with E-state index in [-0.39, 0.29) is 11.8 Å². The number of hydrogen-bond acceptors (Lipinski definition) is 3. The fraction of sp³-hybridized carbons (Fsp3) is 0.259. The Bertz CT molecular complexity index is 1140. The second kappa shape index (κ2) is 9.27. The summed E-state index contributed by atoms with van der Waals surface area (Å²) >= 11 is 0. The molecule has 0 aliphatic carbocycles. The molecule has 5 nitrogen and oxygen atoms in total. The van der Waals surface area contributed by atoms with E-state index in [2.05, 4.69) is 0 Å². The molecule has 1 heterocycles. The second-order valence-electron chi connectivity index (χ2n) is 8.33. The highest BCUT2D eigenvalue weighted by molar-refractivity contribution is 5.94. The molecule has 1 aliphatic rings. The fourth-order valence-corrected chi connectivity index (χ4v) is 3.97. The summed E-state index contributed by atoms with van der Waals surface area (Å²) in [6, 6.07) is 21.6. The molecular weight excluding hydrogens is 400 g/mol. The van der Waals surface area contributed by atoms with Gasteiger partial charge in [-0.25, -0.2) is 0 Å². The monoisotopic (exact) mass is 428 g/mol. The molecule has 0 fully saturated rings. The summed E-state index contributed by atoms with van der Waals surface area (Å²) < 4.78 is 5.92. The second-order valence-corrected chi connectivity index (χ2v) is 8.33. The molecule has 3 aromatic rings. The average molecular weight is 429 g/mol. The van der Waals surface area contributed by atoms with Crippen molar-refractivity contribution in [3.63, 3.8) is 0 Å². The van der Waals surface area contributed by atoms with Gasteiger partial charge in [0.2, 0.25) is 5.91 Å². The Morgan fingerprint density at radius 1 is 0.969 bits per heavy atom. The minimum absolute atomic E-state index is 0.000529. The largest absolute Gasteiger partial charge is 0.491 e. The summed E-state index contributed by atoms with van der Waals surface area (Å²) in [4.78, 5) is 29.0. The third-order valence-corrected chi connectivity index (χ3v) is 5.72. The molecule has 4 rings (SSSR count). The van der Waals surface area contributed by atoms with Gasteiger partial charge in [-0.1, -0.05) is 41.5 Å². The van der Waals surface area contributed by atoms with Crippen LogP contribution in [0, 0.1) is 13.8 Å². The van der Waals surface area contributed by atoms with Crippen molar-refractivity contribution < 1.29 is 14.3 Å². The van der Waals surface area contributed by atoms with Gasteiger partial charge in [0, 0.05) is 30.3 Å². The van der Waals surface area contributed by atoms with Gasteiger partial charge in [-0.15, -0.1) is 0 Å². The van der Waals surface area contributed by atoms with Crippen molar-refractivity contribution in [3.8, 4) is 5.75 Å². The van der Waals surface area contributed by atoms with E-state index in [1.807, 2.05) is 85.5 Å². The van der Waals surface area contributed by atoms with Gasteiger partial charge >= 0.3 is 0 Å². The van der Waals surface area contributed by atoms with Gasteiger partial charge in [0.25, 0.3) is 5.91 Å². The highest BCUT2D eigenvalue weighted by atomic mass is 16.5. The maximum atomic E-state index is 13.1. The highest BCUT2D eigenvalue weighted by Gasteiger charge is 2.22. The van der Waals surface area contributed by atoms with Gasteiger partial charge in [0.05, 0.1) is 13.1 Å². The van der Waals surface area contributed by atoms with Crippen molar-refractivity contribution in [2.24, 2.45) is 0 Å². The van der Waals surface area contributed by atoms with Crippen LogP contribution in [0.15, 0.2) is 66.7 Å². The Morgan fingerprint density at radius 3 is 2.47 bits per heavy atom. The van der Waals surface area contributed by atoms with Gasteiger partial charge in [-0.05, 0) is 55.8 Å². The minimum atomic E-state index is -0.0173. The molecule has 0 unspecified atom stereocenters. The van der Waals surface area contributed by atoms with E-state index in [0.717, 1.165) is 33.7 Å². The van der Waals surface area contributed by atoms with Crippen molar-refractivity contribution in [1.82, 2.24) is 4.90 Å². The molecule has 0 atom stereocenters. The highest BCUT2D eigenvalue weighted by Crippen LogP contribution is 2.27. The van der Waals surface area contributed by atoms with E-state index >= 15 is 0 Å². The maximum Gasteiger partial charge on any atom is 0.254 e. The number of anilines is 1. The summed E-state index contributed by atoms with van der Waals surface area (Å²) in [5.41, 5.74) is 5.71. The van der Waals surface area contributed by atoms with Gasteiger partial charge in [0.15, 0.2) is 0 Å². The molecule has 1 aliphatic heterocycles. The zero-order valence-corrected chi connectivity index (χ0v) is 18.8. The lowest BCUT2D eigenvalue weighted by atomic mass is 10.1. The van der Waals surface area contributed by atoms with E-state index in [0.29, 0.717) is 31.8 Å². The van der Waals surface area contributed by atoms with Gasteiger partial charge in [0.1, 0.15) is 12.4 Å². The van der Waals surface area contributed by atoms with Crippen LogP contribution >= 0.6 is 0 Å². The van der Waals surface area contributed by atoms with Crippen LogP contribution in [-0.2, 0) is 17.9 Å². The van der Waals surface area contributed by atoms with Crippen LogP contribution in [0.1, 0.15) is 39.5 Å². The smallest absolute Gasteiger partial charge is 0.254 e. The number of amides is 2. The number of benzene rings is 3. The topological polar surface area (TPSA) is 49.9 Å². The lowest BCUT2D eigenvalue weighted by molar-refractivity contribution is -0.116. The Kier molecular flexibility index (Phi) is 6.26. The molecule has 5 heteroatoms. The third kappa shape index (κ3) is 4.83. The van der Waals surface area contributed by atoms with Crippen molar-refractivity contribution in [2.45, 2.75) is 33.9 Å². The third-order valence-electron chi connectivity index (χ3n) is 5.72. The summed E-state index contributed by atoms with van der Waals surface area (Å²) in [5, 5.41) is 0. The van der Waals surface area contributed by atoms with Crippen LogP contribution in [0.2, 0.25) is 0 Å². The minimum Gasteiger partial charge on any atom is -0.491 e. The molecule has 0 bridgehead atoms. The van der Waals surface area contributed by atoms with Crippen LogP contribution < -0.4 is 9.64 Å². The molecule has 0 aromatic heterocycles. The predicted molar refractivity (Wildman–Crippen MR) is 126 cm³/mol. The molecule has 0 saturated carbocycles. The van der Waals surface area contributed by atoms with Crippen molar-refractivity contribution in [1.29, 1.82) is 0 Å². The Morgan fingerprint density at radius 2 is 1.75 bits per heavy atom. The normalized spacial score (nSPS) is 13.0. The summed E-state index contributed by atoms with van der Waals surface area (Å²) in [5.74, 6) is 0.773. The van der Waals surface area contributed by atoms with Crippen LogP contribution in [0.3, 0.4) is 0 Å². The predicted octanol–water partition coefficient (Wildman–Crippen LogP) is 4.89. The molecule has 164 valence electrons. The molecule has 2 amide bonds. The fourth-order valence-electron chi connectivity index (χ4n) is 3.97. The quantitative estimate of drug-likeness (QED) is 0.594. The van der Waals surface area contributed by atoms with Crippen LogP contribution in [0.5, 0.6) is 5.75 Å². The zero-order valence-electron chi connectivity index (χ0n) is 18.8. The Labute approximate surface area is 189 Å². The number of hydrogen-bond donors (Lipinski definition) is 0. The number of rotatable bonds is 4. The van der Waals surface area contributed by atoms with E-state index < -0.39 is 0 Å². The number of carbonyl (C=O) groups is 2. The zero-order chi connectivity index (χ0) is 22.7. The Hall–Kier alpha value is -3.60. The van der Waals surface area contributed by atoms with Crippen molar-refractivity contribution >= 4 is 17.5 Å². The number of ether oxygens (including phenoxy) is 1. The van der Waals surface area contributed by atoms with Crippen molar-refractivity contribution in [3.05, 3.63) is 94.5 Å². The van der Waals surface area contributed by atoms with Gasteiger partial charge in [-0.2, -0.15) is 0 Å². The van der Waals surface area contributed by atoms with Crippen LogP contribution in [0.25, 0.3) is 0 Å². The van der Waals surface area contributed by atoms with Crippen LogP contribution in [0.4, 0.5) is 5.69 Å². The van der Waals surface area contributed by atoms with Crippen LogP contribution in [-0.4, -0.2) is 29.9 Å². The summed E-state index contributed by atoms with van der Waals surface area (Å²) in [6.45, 7) is 7.50. The number of nitrogens with zero attached hydrogens (tertiary/aromatic N) is 2. The molecule has 32 heavy (non-hydrogen) atoms. The summed E-state index contributed by atoms with van der Waals surface area (Å²) in [7, 11) is 0. The molecule has 0 N–H and O–H groups in total. The molecule has 0 saturated heterocycles. The lowest BCUT2D eigenvalue weighted by Crippen LogP contribution is -2.32. The first-order chi connectivity index (χ1) is 15.4. The Balaban J connectivity index is 1.57.